The molecule has 1 amide bonds. The number of nitrogens with one attached hydrogen (secondary N) is 1. The van der Waals surface area contributed by atoms with Gasteiger partial charge < -0.3 is 10.2 Å². The van der Waals surface area contributed by atoms with Crippen molar-refractivity contribution in [1.82, 2.24) is 15.1 Å². The Balaban J connectivity index is 0.00000192. The average Bonchev–Trinajstić information content (AvgIpc) is 2.58. The van der Waals surface area contributed by atoms with Crippen LogP contribution in [0, 0.1) is 0 Å². The zero-order chi connectivity index (χ0) is 15.4. The Labute approximate surface area is 147 Å². The molecule has 0 radical (unpaired) electrons. The van der Waals surface area contributed by atoms with Crippen molar-refractivity contribution < 1.29 is 4.79 Å². The first-order valence-corrected chi connectivity index (χ1v) is 9.43. The summed E-state index contributed by atoms with van der Waals surface area (Å²) in [5.74, 6) is 0.346. The molecular formula is C18H34ClN3O. The second-order valence-corrected chi connectivity index (χ2v) is 7.68. The summed E-state index contributed by atoms with van der Waals surface area (Å²) in [5, 5.41) is 3.57. The largest absolute Gasteiger partial charge is 0.342 e. The van der Waals surface area contributed by atoms with Gasteiger partial charge >= 0.3 is 0 Å². The van der Waals surface area contributed by atoms with E-state index in [-0.39, 0.29) is 17.9 Å². The maximum absolute atomic E-state index is 12.8. The highest BCUT2D eigenvalue weighted by molar-refractivity contribution is 5.85. The van der Waals surface area contributed by atoms with E-state index >= 15 is 0 Å². The summed E-state index contributed by atoms with van der Waals surface area (Å²) >= 11 is 0. The van der Waals surface area contributed by atoms with Crippen LogP contribution in [0.25, 0.3) is 0 Å². The van der Waals surface area contributed by atoms with E-state index in [0.717, 1.165) is 19.6 Å². The van der Waals surface area contributed by atoms with Crippen LogP contribution in [-0.2, 0) is 4.79 Å². The molecule has 23 heavy (non-hydrogen) atoms. The number of rotatable bonds is 3. The van der Waals surface area contributed by atoms with Crippen molar-refractivity contribution in [1.29, 1.82) is 0 Å². The summed E-state index contributed by atoms with van der Waals surface area (Å²) in [6.45, 7) is 3.77. The molecule has 2 saturated carbocycles. The molecule has 1 aliphatic heterocycles. The van der Waals surface area contributed by atoms with Crippen molar-refractivity contribution in [2.45, 2.75) is 75.8 Å². The number of nitrogens with zero attached hydrogens (tertiary/aromatic N) is 2. The van der Waals surface area contributed by atoms with Crippen LogP contribution in [0.5, 0.6) is 0 Å². The number of hydrogen-bond acceptors (Lipinski definition) is 3. The maximum atomic E-state index is 12.8. The summed E-state index contributed by atoms with van der Waals surface area (Å²) in [6.07, 6.45) is 12.9. The number of halogens is 1. The molecule has 0 unspecified atom stereocenters. The number of piperazine rings is 1. The number of hydrogen-bond donors (Lipinski definition) is 1. The van der Waals surface area contributed by atoms with Crippen LogP contribution in [0.4, 0.5) is 0 Å². The summed E-state index contributed by atoms with van der Waals surface area (Å²) in [5.41, 5.74) is 0.263. The van der Waals surface area contributed by atoms with Gasteiger partial charge in [0.25, 0.3) is 0 Å². The summed E-state index contributed by atoms with van der Waals surface area (Å²) in [7, 11) is 2.04. The molecule has 0 aromatic rings. The second kappa shape index (κ2) is 8.68. The predicted molar refractivity (Wildman–Crippen MR) is 97.1 cm³/mol. The monoisotopic (exact) mass is 343 g/mol. The molecule has 0 bridgehead atoms. The molecule has 4 nitrogen and oxygen atoms in total. The van der Waals surface area contributed by atoms with Gasteiger partial charge in [-0.3, -0.25) is 9.69 Å². The molecule has 1 spiro atoms. The molecule has 134 valence electrons. The first-order valence-electron chi connectivity index (χ1n) is 9.43. The lowest BCUT2D eigenvalue weighted by atomic mass is 9.79. The molecule has 1 saturated heterocycles. The van der Waals surface area contributed by atoms with E-state index in [1.165, 1.54) is 64.2 Å². The van der Waals surface area contributed by atoms with Gasteiger partial charge in [0.1, 0.15) is 0 Å². The van der Waals surface area contributed by atoms with Gasteiger partial charge in [-0.2, -0.15) is 0 Å². The molecular weight excluding hydrogens is 310 g/mol. The third-order valence-electron chi connectivity index (χ3n) is 6.31. The van der Waals surface area contributed by atoms with Crippen molar-refractivity contribution >= 4 is 18.3 Å². The summed E-state index contributed by atoms with van der Waals surface area (Å²) in [6, 6.07) is 0.492. The molecule has 0 atom stereocenters. The van der Waals surface area contributed by atoms with Gasteiger partial charge in [0, 0.05) is 38.3 Å². The fourth-order valence-corrected chi connectivity index (χ4v) is 4.78. The SMILES string of the molecule is CN(C(=O)CN1CCNCC12CCCCC2)C1CCCCC1.Cl. The van der Waals surface area contributed by atoms with Crippen molar-refractivity contribution in [3.63, 3.8) is 0 Å². The van der Waals surface area contributed by atoms with Gasteiger partial charge in [-0.15, -0.1) is 12.4 Å². The third kappa shape index (κ3) is 4.40. The Bertz CT molecular complexity index is 370. The van der Waals surface area contributed by atoms with Crippen LogP contribution in [0.2, 0.25) is 0 Å². The third-order valence-corrected chi connectivity index (χ3v) is 6.31. The first-order chi connectivity index (χ1) is 10.7. The highest BCUT2D eigenvalue weighted by Crippen LogP contribution is 2.34. The van der Waals surface area contributed by atoms with E-state index in [2.05, 4.69) is 15.1 Å². The minimum absolute atomic E-state index is 0. The molecule has 1 heterocycles. The zero-order valence-corrected chi connectivity index (χ0v) is 15.5. The van der Waals surface area contributed by atoms with Crippen LogP contribution in [0.3, 0.4) is 0 Å². The highest BCUT2D eigenvalue weighted by atomic mass is 35.5. The lowest BCUT2D eigenvalue weighted by Gasteiger charge is -2.50. The Morgan fingerprint density at radius 1 is 1.13 bits per heavy atom. The van der Waals surface area contributed by atoms with Crippen LogP contribution >= 0.6 is 12.4 Å². The van der Waals surface area contributed by atoms with Gasteiger partial charge in [-0.25, -0.2) is 0 Å². The average molecular weight is 344 g/mol. The van der Waals surface area contributed by atoms with Crippen LogP contribution in [-0.4, -0.2) is 60.5 Å². The van der Waals surface area contributed by atoms with Gasteiger partial charge in [0.2, 0.25) is 5.91 Å². The Kier molecular flexibility index (Phi) is 7.18. The normalized spacial score (nSPS) is 25.8. The molecule has 3 fully saturated rings. The fraction of sp³-hybridized carbons (Fsp3) is 0.944. The summed E-state index contributed by atoms with van der Waals surface area (Å²) in [4.78, 5) is 17.4. The zero-order valence-electron chi connectivity index (χ0n) is 14.7. The molecule has 1 N–H and O–H groups in total. The quantitative estimate of drug-likeness (QED) is 0.856. The number of carbonyl (C=O) groups is 1. The van der Waals surface area contributed by atoms with Crippen molar-refractivity contribution in [3.8, 4) is 0 Å². The van der Waals surface area contributed by atoms with Crippen molar-refractivity contribution in [3.05, 3.63) is 0 Å². The van der Waals surface area contributed by atoms with Crippen LogP contribution < -0.4 is 5.32 Å². The molecule has 3 aliphatic rings. The lowest BCUT2D eigenvalue weighted by molar-refractivity contribution is -0.136. The molecule has 5 heteroatoms. The Morgan fingerprint density at radius 3 is 2.48 bits per heavy atom. The van der Waals surface area contributed by atoms with Gasteiger partial charge in [-0.05, 0) is 25.7 Å². The topological polar surface area (TPSA) is 35.6 Å². The lowest BCUT2D eigenvalue weighted by Crippen LogP contribution is -2.63. The highest BCUT2D eigenvalue weighted by Gasteiger charge is 2.40. The predicted octanol–water partition coefficient (Wildman–Crippen LogP) is 2.81. The van der Waals surface area contributed by atoms with E-state index < -0.39 is 0 Å². The molecule has 3 rings (SSSR count). The van der Waals surface area contributed by atoms with Gasteiger partial charge in [0.05, 0.1) is 6.54 Å². The molecule has 2 aliphatic carbocycles. The van der Waals surface area contributed by atoms with Crippen LogP contribution in [0.15, 0.2) is 0 Å². The van der Waals surface area contributed by atoms with E-state index in [9.17, 15) is 4.79 Å². The van der Waals surface area contributed by atoms with Crippen molar-refractivity contribution in [2.24, 2.45) is 0 Å². The van der Waals surface area contributed by atoms with Crippen LogP contribution in [0.1, 0.15) is 64.2 Å². The van der Waals surface area contributed by atoms with Gasteiger partial charge in [-0.1, -0.05) is 38.5 Å². The van der Waals surface area contributed by atoms with E-state index in [0.29, 0.717) is 18.5 Å². The van der Waals surface area contributed by atoms with Crippen molar-refractivity contribution in [2.75, 3.05) is 33.2 Å². The minimum atomic E-state index is 0. The number of likely N-dealkylation sites (N-methyl/N-ethyl adjacent to an activating group) is 1. The number of carbonyl (C=O) groups excluding carboxylic acids is 1. The Hall–Kier alpha value is -0.320. The minimum Gasteiger partial charge on any atom is -0.342 e. The number of amides is 1. The smallest absolute Gasteiger partial charge is 0.236 e. The van der Waals surface area contributed by atoms with E-state index in [4.69, 9.17) is 0 Å². The Morgan fingerprint density at radius 2 is 1.78 bits per heavy atom. The van der Waals surface area contributed by atoms with Gasteiger partial charge in [0.15, 0.2) is 0 Å². The first kappa shape index (κ1) is 19.0. The standard InChI is InChI=1S/C18H33N3O.ClH/c1-20(16-8-4-2-5-9-16)17(22)14-21-13-12-19-15-18(21)10-6-3-7-11-18;/h16,19H,2-15H2,1H3;1H. The summed E-state index contributed by atoms with van der Waals surface area (Å²) < 4.78 is 0. The molecule has 0 aromatic carbocycles. The maximum Gasteiger partial charge on any atom is 0.236 e. The van der Waals surface area contributed by atoms with E-state index in [1.54, 1.807) is 0 Å². The fourth-order valence-electron chi connectivity index (χ4n) is 4.78. The second-order valence-electron chi connectivity index (χ2n) is 7.68. The molecule has 0 aromatic heterocycles. The van der Waals surface area contributed by atoms with E-state index in [1.807, 2.05) is 7.05 Å².